The molecular formula is C16H14O2S2. The average Bonchev–Trinajstić information content (AvgIpc) is 3.06. The number of ether oxygens (including phenoxy) is 1. The third-order valence-electron chi connectivity index (χ3n) is 3.17. The maximum absolute atomic E-state index is 12.0. The number of thioether (sulfide) groups is 1. The molecule has 1 aromatic carbocycles. The highest BCUT2D eigenvalue weighted by atomic mass is 32.2. The molecule has 0 saturated heterocycles. The Morgan fingerprint density at radius 3 is 2.80 bits per heavy atom. The molecule has 0 fully saturated rings. The standard InChI is InChI=1S/C16H14O2S2/c1-2-11-3-5-12(6-4-11)8-18-16(17)14-7-13-9-19-10-15(13)20-14/h2-7H,1,8-10H2. The number of benzene rings is 1. The zero-order chi connectivity index (χ0) is 13.9. The lowest BCUT2D eigenvalue weighted by Crippen LogP contribution is -2.03. The van der Waals surface area contributed by atoms with E-state index in [0.717, 1.165) is 27.5 Å². The third kappa shape index (κ3) is 2.81. The molecule has 0 bridgehead atoms. The minimum Gasteiger partial charge on any atom is -0.457 e. The smallest absolute Gasteiger partial charge is 0.348 e. The van der Waals surface area contributed by atoms with Crippen molar-refractivity contribution in [3.8, 4) is 0 Å². The minimum absolute atomic E-state index is 0.220. The highest BCUT2D eigenvalue weighted by Crippen LogP contribution is 2.36. The van der Waals surface area contributed by atoms with Gasteiger partial charge in [-0.1, -0.05) is 36.9 Å². The Labute approximate surface area is 126 Å². The van der Waals surface area contributed by atoms with Crippen molar-refractivity contribution in [1.29, 1.82) is 0 Å². The number of hydrogen-bond donors (Lipinski definition) is 0. The van der Waals surface area contributed by atoms with Gasteiger partial charge < -0.3 is 4.74 Å². The van der Waals surface area contributed by atoms with E-state index in [1.165, 1.54) is 10.4 Å². The van der Waals surface area contributed by atoms with Crippen molar-refractivity contribution >= 4 is 35.1 Å². The van der Waals surface area contributed by atoms with Crippen LogP contribution in [0, 0.1) is 0 Å². The molecule has 102 valence electrons. The summed E-state index contributed by atoms with van der Waals surface area (Å²) in [6.07, 6.45) is 1.79. The molecule has 3 rings (SSSR count). The topological polar surface area (TPSA) is 26.3 Å². The summed E-state index contributed by atoms with van der Waals surface area (Å²) in [5, 5.41) is 0. The molecule has 0 unspecified atom stereocenters. The second-order valence-corrected chi connectivity index (χ2v) is 6.70. The molecular weight excluding hydrogens is 288 g/mol. The fraction of sp³-hybridized carbons (Fsp3) is 0.188. The highest BCUT2D eigenvalue weighted by Gasteiger charge is 2.19. The Balaban J connectivity index is 1.62. The summed E-state index contributed by atoms with van der Waals surface area (Å²) in [5.41, 5.74) is 3.35. The summed E-state index contributed by atoms with van der Waals surface area (Å²) in [5.74, 6) is 1.82. The van der Waals surface area contributed by atoms with Crippen LogP contribution in [0.2, 0.25) is 0 Å². The van der Waals surface area contributed by atoms with Gasteiger partial charge >= 0.3 is 5.97 Å². The van der Waals surface area contributed by atoms with Crippen LogP contribution in [0.15, 0.2) is 36.9 Å². The Kier molecular flexibility index (Phi) is 3.94. The molecule has 1 aliphatic rings. The van der Waals surface area contributed by atoms with Crippen LogP contribution in [0.1, 0.15) is 31.2 Å². The normalized spacial score (nSPS) is 13.0. The van der Waals surface area contributed by atoms with Crippen molar-refractivity contribution < 1.29 is 9.53 Å². The molecule has 4 heteroatoms. The Morgan fingerprint density at radius 2 is 2.10 bits per heavy atom. The lowest BCUT2D eigenvalue weighted by atomic mass is 10.1. The van der Waals surface area contributed by atoms with E-state index in [4.69, 9.17) is 4.74 Å². The van der Waals surface area contributed by atoms with Gasteiger partial charge in [-0.2, -0.15) is 11.8 Å². The van der Waals surface area contributed by atoms with E-state index in [9.17, 15) is 4.79 Å². The molecule has 0 amide bonds. The largest absolute Gasteiger partial charge is 0.457 e. The SMILES string of the molecule is C=Cc1ccc(COC(=O)c2cc3c(s2)CSC3)cc1. The maximum atomic E-state index is 12.0. The molecule has 2 heterocycles. The first-order valence-electron chi connectivity index (χ1n) is 6.34. The van der Waals surface area contributed by atoms with Crippen LogP contribution in [0.5, 0.6) is 0 Å². The maximum Gasteiger partial charge on any atom is 0.348 e. The van der Waals surface area contributed by atoms with E-state index < -0.39 is 0 Å². The van der Waals surface area contributed by atoms with E-state index in [-0.39, 0.29) is 5.97 Å². The number of carbonyl (C=O) groups is 1. The van der Waals surface area contributed by atoms with Gasteiger partial charge in [0, 0.05) is 16.4 Å². The van der Waals surface area contributed by atoms with Crippen LogP contribution in [0.4, 0.5) is 0 Å². The Bertz CT molecular complexity index is 619. The van der Waals surface area contributed by atoms with E-state index in [1.807, 2.05) is 42.1 Å². The average molecular weight is 302 g/mol. The van der Waals surface area contributed by atoms with Crippen LogP contribution >= 0.6 is 23.1 Å². The second-order valence-electron chi connectivity index (χ2n) is 4.57. The van der Waals surface area contributed by atoms with Crippen LogP contribution in [0.3, 0.4) is 0 Å². The summed E-state index contributed by atoms with van der Waals surface area (Å²) >= 11 is 3.46. The number of thiophene rings is 1. The first-order valence-corrected chi connectivity index (χ1v) is 8.31. The van der Waals surface area contributed by atoms with Crippen molar-refractivity contribution in [1.82, 2.24) is 0 Å². The van der Waals surface area contributed by atoms with Crippen molar-refractivity contribution in [2.45, 2.75) is 18.1 Å². The summed E-state index contributed by atoms with van der Waals surface area (Å²) < 4.78 is 5.36. The Morgan fingerprint density at radius 1 is 1.30 bits per heavy atom. The van der Waals surface area contributed by atoms with Gasteiger partial charge in [-0.05, 0) is 22.8 Å². The van der Waals surface area contributed by atoms with E-state index in [1.54, 1.807) is 17.4 Å². The first-order chi connectivity index (χ1) is 9.76. The molecule has 0 radical (unpaired) electrons. The number of fused-ring (bicyclic) bond motifs is 1. The molecule has 0 atom stereocenters. The molecule has 20 heavy (non-hydrogen) atoms. The van der Waals surface area contributed by atoms with Crippen molar-refractivity contribution in [3.63, 3.8) is 0 Å². The lowest BCUT2D eigenvalue weighted by molar-refractivity contribution is 0.0478. The van der Waals surface area contributed by atoms with E-state index in [2.05, 4.69) is 6.58 Å². The van der Waals surface area contributed by atoms with Gasteiger partial charge in [-0.25, -0.2) is 4.79 Å². The lowest BCUT2D eigenvalue weighted by Gasteiger charge is -2.04. The molecule has 0 saturated carbocycles. The van der Waals surface area contributed by atoms with Crippen molar-refractivity contribution in [2.75, 3.05) is 0 Å². The quantitative estimate of drug-likeness (QED) is 0.778. The van der Waals surface area contributed by atoms with Gasteiger partial charge in [0.1, 0.15) is 11.5 Å². The van der Waals surface area contributed by atoms with Crippen LogP contribution in [-0.4, -0.2) is 5.97 Å². The molecule has 1 aliphatic heterocycles. The van der Waals surface area contributed by atoms with E-state index >= 15 is 0 Å². The summed E-state index contributed by atoms with van der Waals surface area (Å²) in [4.78, 5) is 14.0. The molecule has 1 aromatic heterocycles. The summed E-state index contributed by atoms with van der Waals surface area (Å²) in [6, 6.07) is 9.81. The molecule has 0 spiro atoms. The van der Waals surface area contributed by atoms with Gasteiger partial charge in [-0.3, -0.25) is 0 Å². The summed E-state index contributed by atoms with van der Waals surface area (Å²) in [6.45, 7) is 4.03. The van der Waals surface area contributed by atoms with Gasteiger partial charge in [-0.15, -0.1) is 11.3 Å². The predicted octanol–water partition coefficient (Wildman–Crippen LogP) is 4.49. The van der Waals surface area contributed by atoms with E-state index in [0.29, 0.717) is 6.61 Å². The molecule has 2 aromatic rings. The molecule has 0 aliphatic carbocycles. The van der Waals surface area contributed by atoms with Gasteiger partial charge in [0.15, 0.2) is 0 Å². The third-order valence-corrected chi connectivity index (χ3v) is 5.52. The zero-order valence-electron chi connectivity index (χ0n) is 10.9. The number of hydrogen-bond acceptors (Lipinski definition) is 4. The number of esters is 1. The summed E-state index contributed by atoms with van der Waals surface area (Å²) in [7, 11) is 0. The van der Waals surface area contributed by atoms with Crippen LogP contribution in [-0.2, 0) is 22.8 Å². The van der Waals surface area contributed by atoms with Gasteiger partial charge in [0.25, 0.3) is 0 Å². The van der Waals surface area contributed by atoms with Crippen molar-refractivity contribution in [3.05, 3.63) is 63.4 Å². The van der Waals surface area contributed by atoms with Gasteiger partial charge in [0.2, 0.25) is 0 Å². The van der Waals surface area contributed by atoms with Crippen molar-refractivity contribution in [2.24, 2.45) is 0 Å². The number of rotatable bonds is 4. The molecule has 0 N–H and O–H groups in total. The Hall–Kier alpha value is -1.52. The first kappa shape index (κ1) is 13.5. The van der Waals surface area contributed by atoms with Crippen LogP contribution < -0.4 is 0 Å². The van der Waals surface area contributed by atoms with Crippen LogP contribution in [0.25, 0.3) is 6.08 Å². The fourth-order valence-corrected chi connectivity index (χ4v) is 4.43. The highest BCUT2D eigenvalue weighted by molar-refractivity contribution is 7.98. The monoisotopic (exact) mass is 302 g/mol. The fourth-order valence-electron chi connectivity index (χ4n) is 2.04. The number of carbonyl (C=O) groups excluding carboxylic acids is 1. The minimum atomic E-state index is -0.220. The second kappa shape index (κ2) is 5.85. The zero-order valence-corrected chi connectivity index (χ0v) is 12.6. The molecule has 2 nitrogen and oxygen atoms in total. The van der Waals surface area contributed by atoms with Gasteiger partial charge in [0.05, 0.1) is 0 Å². The predicted molar refractivity (Wildman–Crippen MR) is 85.0 cm³/mol.